The van der Waals surface area contributed by atoms with Crippen molar-refractivity contribution in [2.75, 3.05) is 11.5 Å². The number of hydrogen-bond donors (Lipinski definition) is 3. The molecule has 154 valence electrons. The van der Waals surface area contributed by atoms with Gasteiger partial charge in [-0.3, -0.25) is 25.2 Å². The summed E-state index contributed by atoms with van der Waals surface area (Å²) < 4.78 is 22.9. The van der Waals surface area contributed by atoms with E-state index in [1.54, 1.807) is 26.0 Å². The van der Waals surface area contributed by atoms with E-state index in [4.69, 9.17) is 0 Å². The predicted octanol–water partition coefficient (Wildman–Crippen LogP) is 0.722. The minimum Gasteiger partial charge on any atom is -0.340 e. The van der Waals surface area contributed by atoms with Crippen molar-refractivity contribution in [1.29, 1.82) is 0 Å². The van der Waals surface area contributed by atoms with Crippen LogP contribution in [-0.2, 0) is 19.4 Å². The SMILES string of the molecule is Cc1ccccc1C(=O)NC(C(=O)NNC(=O)CC1CCS(=O)(=O)C1)C(C)C. The Hall–Kier alpha value is -2.42. The Morgan fingerprint density at radius 1 is 1.14 bits per heavy atom. The van der Waals surface area contributed by atoms with Gasteiger partial charge in [0, 0.05) is 12.0 Å². The summed E-state index contributed by atoms with van der Waals surface area (Å²) in [7, 11) is -3.06. The number of sulfone groups is 1. The van der Waals surface area contributed by atoms with Gasteiger partial charge in [0.15, 0.2) is 9.84 Å². The van der Waals surface area contributed by atoms with Crippen LogP contribution in [0.25, 0.3) is 0 Å². The number of hydrogen-bond acceptors (Lipinski definition) is 5. The van der Waals surface area contributed by atoms with Crippen molar-refractivity contribution in [3.05, 3.63) is 35.4 Å². The molecule has 8 nitrogen and oxygen atoms in total. The molecule has 1 aromatic rings. The second-order valence-electron chi connectivity index (χ2n) is 7.52. The topological polar surface area (TPSA) is 121 Å². The molecule has 2 rings (SSSR count). The van der Waals surface area contributed by atoms with Gasteiger partial charge in [0.1, 0.15) is 6.04 Å². The molecule has 0 bridgehead atoms. The highest BCUT2D eigenvalue weighted by Crippen LogP contribution is 2.21. The summed E-state index contributed by atoms with van der Waals surface area (Å²) in [6.45, 7) is 5.38. The number of rotatable bonds is 6. The molecule has 0 aliphatic carbocycles. The van der Waals surface area contributed by atoms with Crippen LogP contribution in [0, 0.1) is 18.8 Å². The van der Waals surface area contributed by atoms with Gasteiger partial charge in [-0.1, -0.05) is 32.0 Å². The van der Waals surface area contributed by atoms with Gasteiger partial charge < -0.3 is 5.32 Å². The molecule has 0 spiro atoms. The van der Waals surface area contributed by atoms with E-state index in [1.807, 2.05) is 19.1 Å². The number of carbonyl (C=O) groups is 3. The van der Waals surface area contributed by atoms with Gasteiger partial charge in [0.25, 0.3) is 11.8 Å². The molecule has 1 aliphatic heterocycles. The zero-order valence-corrected chi connectivity index (χ0v) is 17.1. The summed E-state index contributed by atoms with van der Waals surface area (Å²) in [5.74, 6) is -1.71. The van der Waals surface area contributed by atoms with Crippen LogP contribution in [0.1, 0.15) is 42.6 Å². The van der Waals surface area contributed by atoms with Crippen LogP contribution >= 0.6 is 0 Å². The standard InChI is InChI=1S/C19H27N3O5S/c1-12(2)17(20-18(24)15-7-5-4-6-13(15)3)19(25)22-21-16(23)10-14-8-9-28(26,27)11-14/h4-7,12,14,17H,8-11H2,1-3H3,(H,20,24)(H,21,23)(H,22,25). The molecule has 3 N–H and O–H groups in total. The number of aryl methyl sites for hydroxylation is 1. The summed E-state index contributed by atoms with van der Waals surface area (Å²) in [4.78, 5) is 36.9. The normalized spacial score (nSPS) is 19.1. The van der Waals surface area contributed by atoms with Gasteiger partial charge in [-0.2, -0.15) is 0 Å². The smallest absolute Gasteiger partial charge is 0.261 e. The third kappa shape index (κ3) is 6.05. The van der Waals surface area contributed by atoms with Gasteiger partial charge in [-0.05, 0) is 36.8 Å². The van der Waals surface area contributed by atoms with Crippen molar-refractivity contribution in [3.8, 4) is 0 Å². The fourth-order valence-corrected chi connectivity index (χ4v) is 5.00. The summed E-state index contributed by atoms with van der Waals surface area (Å²) >= 11 is 0. The zero-order chi connectivity index (χ0) is 20.9. The van der Waals surface area contributed by atoms with Gasteiger partial charge in [-0.25, -0.2) is 8.42 Å². The monoisotopic (exact) mass is 409 g/mol. The minimum absolute atomic E-state index is 0.00449. The van der Waals surface area contributed by atoms with Gasteiger partial charge >= 0.3 is 0 Å². The third-order valence-electron chi connectivity index (χ3n) is 4.75. The number of amides is 3. The van der Waals surface area contributed by atoms with Crippen LogP contribution in [-0.4, -0.2) is 43.7 Å². The first kappa shape index (κ1) is 21.9. The number of nitrogens with one attached hydrogen (secondary N) is 3. The van der Waals surface area contributed by atoms with Crippen molar-refractivity contribution >= 4 is 27.6 Å². The van der Waals surface area contributed by atoms with Gasteiger partial charge in [0.05, 0.1) is 11.5 Å². The summed E-state index contributed by atoms with van der Waals surface area (Å²) in [6, 6.07) is 6.22. The molecule has 0 saturated carbocycles. The average molecular weight is 410 g/mol. The van der Waals surface area contributed by atoms with E-state index in [9.17, 15) is 22.8 Å². The first-order valence-corrected chi connectivity index (χ1v) is 11.1. The average Bonchev–Trinajstić information content (AvgIpc) is 2.95. The molecule has 1 aliphatic rings. The van der Waals surface area contributed by atoms with Crippen LogP contribution < -0.4 is 16.2 Å². The molecule has 2 unspecified atom stereocenters. The lowest BCUT2D eigenvalue weighted by atomic mass is 10.0. The van der Waals surface area contributed by atoms with Crippen molar-refractivity contribution in [2.24, 2.45) is 11.8 Å². The Balaban J connectivity index is 1.89. The van der Waals surface area contributed by atoms with E-state index in [0.717, 1.165) is 5.56 Å². The first-order chi connectivity index (χ1) is 13.1. The van der Waals surface area contributed by atoms with Crippen LogP contribution in [0.2, 0.25) is 0 Å². The lowest BCUT2D eigenvalue weighted by Gasteiger charge is -2.22. The van der Waals surface area contributed by atoms with Crippen LogP contribution in [0.4, 0.5) is 0 Å². The fourth-order valence-electron chi connectivity index (χ4n) is 3.14. The minimum atomic E-state index is -3.06. The highest BCUT2D eigenvalue weighted by atomic mass is 32.2. The first-order valence-electron chi connectivity index (χ1n) is 9.24. The van der Waals surface area contributed by atoms with Gasteiger partial charge in [0.2, 0.25) is 5.91 Å². The van der Waals surface area contributed by atoms with E-state index >= 15 is 0 Å². The largest absolute Gasteiger partial charge is 0.340 e. The molecule has 28 heavy (non-hydrogen) atoms. The summed E-state index contributed by atoms with van der Waals surface area (Å²) in [5.41, 5.74) is 5.91. The van der Waals surface area contributed by atoms with E-state index < -0.39 is 27.7 Å². The maximum atomic E-state index is 12.5. The molecule has 1 aromatic carbocycles. The molecule has 1 heterocycles. The van der Waals surface area contributed by atoms with Crippen LogP contribution in [0.5, 0.6) is 0 Å². The predicted molar refractivity (Wildman–Crippen MR) is 105 cm³/mol. The van der Waals surface area contributed by atoms with E-state index in [-0.39, 0.29) is 35.7 Å². The molecule has 0 aromatic heterocycles. The van der Waals surface area contributed by atoms with Crippen molar-refractivity contribution in [2.45, 2.75) is 39.7 Å². The highest BCUT2D eigenvalue weighted by Gasteiger charge is 2.30. The Morgan fingerprint density at radius 2 is 1.82 bits per heavy atom. The molecule has 3 amide bonds. The zero-order valence-electron chi connectivity index (χ0n) is 16.3. The molecular formula is C19H27N3O5S. The lowest BCUT2D eigenvalue weighted by Crippen LogP contribution is -2.54. The number of hydrazine groups is 1. The van der Waals surface area contributed by atoms with Crippen LogP contribution in [0.15, 0.2) is 24.3 Å². The fraction of sp³-hybridized carbons (Fsp3) is 0.526. The maximum absolute atomic E-state index is 12.5. The Bertz CT molecular complexity index is 851. The molecule has 1 saturated heterocycles. The van der Waals surface area contributed by atoms with E-state index in [1.165, 1.54) is 0 Å². The Labute approximate surface area is 165 Å². The molecular weight excluding hydrogens is 382 g/mol. The molecule has 1 fully saturated rings. The summed E-state index contributed by atoms with van der Waals surface area (Å²) in [6.07, 6.45) is 0.478. The second-order valence-corrected chi connectivity index (χ2v) is 9.75. The maximum Gasteiger partial charge on any atom is 0.261 e. The third-order valence-corrected chi connectivity index (χ3v) is 6.59. The highest BCUT2D eigenvalue weighted by molar-refractivity contribution is 7.91. The second kappa shape index (κ2) is 9.18. The molecule has 9 heteroatoms. The Morgan fingerprint density at radius 3 is 2.39 bits per heavy atom. The van der Waals surface area contributed by atoms with Gasteiger partial charge in [-0.15, -0.1) is 0 Å². The van der Waals surface area contributed by atoms with Crippen molar-refractivity contribution in [1.82, 2.24) is 16.2 Å². The quantitative estimate of drug-likeness (QED) is 0.598. The van der Waals surface area contributed by atoms with E-state index in [2.05, 4.69) is 16.2 Å². The lowest BCUT2D eigenvalue weighted by molar-refractivity contribution is -0.130. The van der Waals surface area contributed by atoms with Crippen LogP contribution in [0.3, 0.4) is 0 Å². The summed E-state index contributed by atoms with van der Waals surface area (Å²) in [5, 5.41) is 2.70. The van der Waals surface area contributed by atoms with Crippen molar-refractivity contribution < 1.29 is 22.8 Å². The number of benzene rings is 1. The van der Waals surface area contributed by atoms with E-state index in [0.29, 0.717) is 12.0 Å². The van der Waals surface area contributed by atoms with Crippen molar-refractivity contribution in [3.63, 3.8) is 0 Å². The molecule has 2 atom stereocenters. The Kier molecular flexibility index (Phi) is 7.17. The number of carbonyl (C=O) groups excluding carboxylic acids is 3. The molecule has 0 radical (unpaired) electrons.